The van der Waals surface area contributed by atoms with Gasteiger partial charge in [0.15, 0.2) is 0 Å². The third-order valence-corrected chi connectivity index (χ3v) is 4.36. The molecule has 1 fully saturated rings. The van der Waals surface area contributed by atoms with Crippen molar-refractivity contribution in [1.82, 2.24) is 10.2 Å². The maximum absolute atomic E-state index is 13.0. The van der Waals surface area contributed by atoms with Crippen molar-refractivity contribution in [3.8, 4) is 0 Å². The van der Waals surface area contributed by atoms with Gasteiger partial charge in [0.05, 0.1) is 12.3 Å². The number of nitrogens with zero attached hydrogens (tertiary/aromatic N) is 1. The van der Waals surface area contributed by atoms with Crippen molar-refractivity contribution < 1.29 is 14.0 Å². The third-order valence-electron chi connectivity index (χ3n) is 4.36. The van der Waals surface area contributed by atoms with Crippen molar-refractivity contribution in [3.63, 3.8) is 0 Å². The van der Waals surface area contributed by atoms with E-state index < -0.39 is 0 Å². The first-order chi connectivity index (χ1) is 12.5. The second kappa shape index (κ2) is 7.64. The summed E-state index contributed by atoms with van der Waals surface area (Å²) in [5.74, 6) is 0.767. The van der Waals surface area contributed by atoms with Crippen molar-refractivity contribution in [3.05, 3.63) is 54.0 Å². The topological polar surface area (TPSA) is 74.6 Å². The highest BCUT2D eigenvalue weighted by Crippen LogP contribution is 2.35. The Morgan fingerprint density at radius 1 is 1.12 bits per heavy atom. The maximum Gasteiger partial charge on any atom is 0.319 e. The molecule has 2 aromatic rings. The standard InChI is InChI=1S/C20H25N3O3/c1-13(2)21-20(25)22-16-8-6-15(7-9-16)19(24)23(17-10-11-17)14(3)18-5-4-12-26-18/h4-9,12-14,17H,10-11H2,1-3H3,(H2,21,22,25). The Morgan fingerprint density at radius 3 is 2.35 bits per heavy atom. The lowest BCUT2D eigenvalue weighted by Gasteiger charge is -2.28. The smallest absolute Gasteiger partial charge is 0.319 e. The lowest BCUT2D eigenvalue weighted by atomic mass is 10.1. The summed E-state index contributed by atoms with van der Waals surface area (Å²) in [6.45, 7) is 5.78. The molecule has 1 aromatic heterocycles. The Morgan fingerprint density at radius 2 is 1.81 bits per heavy atom. The number of hydrogen-bond donors (Lipinski definition) is 2. The van der Waals surface area contributed by atoms with E-state index in [1.165, 1.54) is 0 Å². The molecule has 0 aliphatic heterocycles. The summed E-state index contributed by atoms with van der Waals surface area (Å²) in [4.78, 5) is 26.7. The highest BCUT2D eigenvalue weighted by Gasteiger charge is 2.37. The molecule has 6 heteroatoms. The number of nitrogens with one attached hydrogen (secondary N) is 2. The Kier molecular flexibility index (Phi) is 5.30. The molecule has 0 spiro atoms. The van der Waals surface area contributed by atoms with E-state index in [0.717, 1.165) is 18.6 Å². The van der Waals surface area contributed by atoms with Gasteiger partial charge in [-0.3, -0.25) is 4.79 Å². The van der Waals surface area contributed by atoms with Gasteiger partial charge in [0.2, 0.25) is 0 Å². The van der Waals surface area contributed by atoms with E-state index in [1.807, 2.05) is 37.8 Å². The molecule has 6 nitrogen and oxygen atoms in total. The molecule has 0 radical (unpaired) electrons. The first kappa shape index (κ1) is 18.0. The van der Waals surface area contributed by atoms with Gasteiger partial charge >= 0.3 is 6.03 Å². The summed E-state index contributed by atoms with van der Waals surface area (Å²) in [6, 6.07) is 10.7. The quantitative estimate of drug-likeness (QED) is 0.816. The van der Waals surface area contributed by atoms with E-state index >= 15 is 0 Å². The summed E-state index contributed by atoms with van der Waals surface area (Å²) in [6.07, 6.45) is 3.67. The van der Waals surface area contributed by atoms with Crippen LogP contribution < -0.4 is 10.6 Å². The van der Waals surface area contributed by atoms with E-state index in [2.05, 4.69) is 10.6 Å². The fourth-order valence-electron chi connectivity index (χ4n) is 2.95. The molecule has 1 unspecified atom stereocenters. The molecular weight excluding hydrogens is 330 g/mol. The van der Waals surface area contributed by atoms with Crippen molar-refractivity contribution >= 4 is 17.6 Å². The van der Waals surface area contributed by atoms with E-state index in [4.69, 9.17) is 4.42 Å². The summed E-state index contributed by atoms with van der Waals surface area (Å²) in [7, 11) is 0. The predicted molar refractivity (Wildman–Crippen MR) is 100 cm³/mol. The number of urea groups is 1. The summed E-state index contributed by atoms with van der Waals surface area (Å²) >= 11 is 0. The van der Waals surface area contributed by atoms with Crippen LogP contribution in [0.4, 0.5) is 10.5 Å². The van der Waals surface area contributed by atoms with Crippen LogP contribution >= 0.6 is 0 Å². The second-order valence-corrected chi connectivity index (χ2v) is 6.97. The molecule has 0 bridgehead atoms. The molecule has 1 heterocycles. The van der Waals surface area contributed by atoms with Gasteiger partial charge in [-0.15, -0.1) is 0 Å². The van der Waals surface area contributed by atoms with Gasteiger partial charge < -0.3 is 20.0 Å². The van der Waals surface area contributed by atoms with Crippen LogP contribution in [0.15, 0.2) is 47.1 Å². The molecule has 1 aliphatic rings. The minimum absolute atomic E-state index is 0.0189. The first-order valence-corrected chi connectivity index (χ1v) is 8.99. The monoisotopic (exact) mass is 355 g/mol. The number of carbonyl (C=O) groups is 2. The summed E-state index contributed by atoms with van der Waals surface area (Å²) in [5.41, 5.74) is 1.25. The third kappa shape index (κ3) is 4.25. The van der Waals surface area contributed by atoms with Crippen molar-refractivity contribution in [1.29, 1.82) is 0 Å². The summed E-state index contributed by atoms with van der Waals surface area (Å²) in [5, 5.41) is 5.52. The van der Waals surface area contributed by atoms with Crippen LogP contribution in [-0.4, -0.2) is 28.9 Å². The van der Waals surface area contributed by atoms with Gasteiger partial charge in [-0.05, 0) is 70.0 Å². The highest BCUT2D eigenvalue weighted by atomic mass is 16.3. The van der Waals surface area contributed by atoms with Crippen molar-refractivity contribution in [2.45, 2.75) is 51.7 Å². The number of benzene rings is 1. The van der Waals surface area contributed by atoms with Gasteiger partial charge in [0.1, 0.15) is 5.76 Å². The van der Waals surface area contributed by atoms with Crippen LogP contribution in [-0.2, 0) is 0 Å². The molecular formula is C20H25N3O3. The molecule has 1 atom stereocenters. The number of hydrogen-bond acceptors (Lipinski definition) is 3. The Hall–Kier alpha value is -2.76. The number of amides is 3. The number of anilines is 1. The molecule has 1 aromatic carbocycles. The molecule has 3 rings (SSSR count). The molecule has 26 heavy (non-hydrogen) atoms. The van der Waals surface area contributed by atoms with E-state index in [1.54, 1.807) is 30.5 Å². The largest absolute Gasteiger partial charge is 0.467 e. The average Bonchev–Trinajstić information content (AvgIpc) is 3.26. The first-order valence-electron chi connectivity index (χ1n) is 8.99. The fourth-order valence-corrected chi connectivity index (χ4v) is 2.95. The fraction of sp³-hybridized carbons (Fsp3) is 0.400. The van der Waals surface area contributed by atoms with Crippen LogP contribution in [0.3, 0.4) is 0 Å². The number of carbonyl (C=O) groups excluding carboxylic acids is 2. The van der Waals surface area contributed by atoms with Crippen LogP contribution in [0.5, 0.6) is 0 Å². The average molecular weight is 355 g/mol. The van der Waals surface area contributed by atoms with Crippen LogP contribution in [0, 0.1) is 0 Å². The van der Waals surface area contributed by atoms with Gasteiger partial charge in [-0.25, -0.2) is 4.79 Å². The number of furan rings is 1. The van der Waals surface area contributed by atoms with Crippen LogP contribution in [0.2, 0.25) is 0 Å². The zero-order valence-corrected chi connectivity index (χ0v) is 15.4. The van der Waals surface area contributed by atoms with Gasteiger partial charge in [-0.2, -0.15) is 0 Å². The number of rotatable bonds is 6. The molecule has 1 aliphatic carbocycles. The second-order valence-electron chi connectivity index (χ2n) is 6.97. The Bertz CT molecular complexity index is 749. The SMILES string of the molecule is CC(C)NC(=O)Nc1ccc(C(=O)N(C2CC2)C(C)c2ccco2)cc1. The highest BCUT2D eigenvalue weighted by molar-refractivity contribution is 5.96. The Labute approximate surface area is 153 Å². The molecule has 138 valence electrons. The van der Waals surface area contributed by atoms with E-state index in [-0.39, 0.29) is 30.1 Å². The molecule has 1 saturated carbocycles. The lowest BCUT2D eigenvalue weighted by molar-refractivity contribution is 0.0652. The van der Waals surface area contributed by atoms with Crippen LogP contribution in [0.1, 0.15) is 55.8 Å². The summed E-state index contributed by atoms with van der Waals surface area (Å²) < 4.78 is 5.49. The minimum Gasteiger partial charge on any atom is -0.467 e. The predicted octanol–water partition coefficient (Wildman–Crippen LogP) is 4.18. The van der Waals surface area contributed by atoms with Gasteiger partial charge in [0, 0.05) is 23.3 Å². The van der Waals surface area contributed by atoms with Crippen molar-refractivity contribution in [2.24, 2.45) is 0 Å². The zero-order chi connectivity index (χ0) is 18.7. The molecule has 3 amide bonds. The lowest BCUT2D eigenvalue weighted by Crippen LogP contribution is -2.35. The van der Waals surface area contributed by atoms with E-state index in [9.17, 15) is 9.59 Å². The van der Waals surface area contributed by atoms with Crippen LogP contribution in [0.25, 0.3) is 0 Å². The molecule has 0 saturated heterocycles. The minimum atomic E-state index is -0.259. The Balaban J connectivity index is 1.71. The normalized spacial score (nSPS) is 14.8. The van der Waals surface area contributed by atoms with Gasteiger partial charge in [0.25, 0.3) is 5.91 Å². The molecule has 2 N–H and O–H groups in total. The zero-order valence-electron chi connectivity index (χ0n) is 15.4. The van der Waals surface area contributed by atoms with Gasteiger partial charge in [-0.1, -0.05) is 0 Å². The van der Waals surface area contributed by atoms with Crippen molar-refractivity contribution in [2.75, 3.05) is 5.32 Å². The van der Waals surface area contributed by atoms with E-state index in [0.29, 0.717) is 11.3 Å². The maximum atomic E-state index is 13.0.